The summed E-state index contributed by atoms with van der Waals surface area (Å²) >= 11 is 0. The van der Waals surface area contributed by atoms with Crippen LogP contribution in [0, 0.1) is 10.1 Å². The Morgan fingerprint density at radius 1 is 1.33 bits per heavy atom. The SMILES string of the molecule is CC1(C)CNCCN1S(=O)(=O)Cc1ccc([N+](=O)[O-])cc1. The minimum absolute atomic E-state index is 0.0429. The summed E-state index contributed by atoms with van der Waals surface area (Å²) in [7, 11) is -3.45. The van der Waals surface area contributed by atoms with Crippen LogP contribution >= 0.6 is 0 Å². The van der Waals surface area contributed by atoms with Crippen molar-refractivity contribution in [2.75, 3.05) is 19.6 Å². The van der Waals surface area contributed by atoms with Gasteiger partial charge in [0.05, 0.1) is 10.7 Å². The molecule has 0 atom stereocenters. The summed E-state index contributed by atoms with van der Waals surface area (Å²) < 4.78 is 26.6. The predicted octanol–water partition coefficient (Wildman–Crippen LogP) is 1.11. The number of sulfonamides is 1. The molecule has 0 aliphatic carbocycles. The molecule has 0 saturated carbocycles. The number of rotatable bonds is 4. The fourth-order valence-corrected chi connectivity index (χ4v) is 4.44. The van der Waals surface area contributed by atoms with Crippen molar-refractivity contribution in [2.24, 2.45) is 0 Å². The van der Waals surface area contributed by atoms with Crippen LogP contribution in [0.3, 0.4) is 0 Å². The second-order valence-corrected chi connectivity index (χ2v) is 7.63. The van der Waals surface area contributed by atoms with Crippen LogP contribution in [0.15, 0.2) is 24.3 Å². The standard InChI is InChI=1S/C13H19N3O4S/c1-13(2)10-14-7-8-15(13)21(19,20)9-11-3-5-12(6-4-11)16(17)18/h3-6,14H,7-10H2,1-2H3. The van der Waals surface area contributed by atoms with Crippen LogP contribution in [0.5, 0.6) is 0 Å². The van der Waals surface area contributed by atoms with Gasteiger partial charge in [-0.1, -0.05) is 12.1 Å². The molecule has 1 heterocycles. The van der Waals surface area contributed by atoms with E-state index in [0.29, 0.717) is 25.2 Å². The average Bonchev–Trinajstić information content (AvgIpc) is 2.37. The van der Waals surface area contributed by atoms with E-state index in [2.05, 4.69) is 5.32 Å². The first-order chi connectivity index (χ1) is 9.72. The molecule has 0 aromatic heterocycles. The van der Waals surface area contributed by atoms with Crippen LogP contribution < -0.4 is 5.32 Å². The van der Waals surface area contributed by atoms with Gasteiger partial charge in [-0.2, -0.15) is 4.31 Å². The lowest BCUT2D eigenvalue weighted by atomic mass is 10.0. The lowest BCUT2D eigenvalue weighted by Gasteiger charge is -2.41. The zero-order valence-corrected chi connectivity index (χ0v) is 12.9. The summed E-state index contributed by atoms with van der Waals surface area (Å²) in [6, 6.07) is 5.64. The van der Waals surface area contributed by atoms with E-state index in [1.807, 2.05) is 13.8 Å². The molecule has 1 aliphatic rings. The molecule has 2 rings (SSSR count). The Hall–Kier alpha value is -1.51. The zero-order valence-electron chi connectivity index (χ0n) is 12.1. The van der Waals surface area contributed by atoms with Crippen molar-refractivity contribution in [3.8, 4) is 0 Å². The van der Waals surface area contributed by atoms with Crippen molar-refractivity contribution < 1.29 is 13.3 Å². The van der Waals surface area contributed by atoms with Crippen molar-refractivity contribution in [3.63, 3.8) is 0 Å². The van der Waals surface area contributed by atoms with Gasteiger partial charge < -0.3 is 5.32 Å². The number of nitrogens with zero attached hydrogens (tertiary/aromatic N) is 2. The van der Waals surface area contributed by atoms with Crippen molar-refractivity contribution in [2.45, 2.75) is 25.1 Å². The Bertz CT molecular complexity index is 625. The highest BCUT2D eigenvalue weighted by atomic mass is 32.2. The third-order valence-corrected chi connectivity index (χ3v) is 5.60. The van der Waals surface area contributed by atoms with E-state index < -0.39 is 20.5 Å². The maximum absolute atomic E-state index is 12.6. The van der Waals surface area contributed by atoms with Gasteiger partial charge in [0, 0.05) is 37.3 Å². The molecular weight excluding hydrogens is 294 g/mol. The van der Waals surface area contributed by atoms with Gasteiger partial charge in [0.2, 0.25) is 10.0 Å². The third-order valence-electron chi connectivity index (χ3n) is 3.56. The van der Waals surface area contributed by atoms with Gasteiger partial charge in [0.15, 0.2) is 0 Å². The molecule has 0 spiro atoms. The van der Waals surface area contributed by atoms with E-state index in [0.717, 1.165) is 0 Å². The predicted molar refractivity (Wildman–Crippen MR) is 79.4 cm³/mol. The van der Waals surface area contributed by atoms with Gasteiger partial charge in [0.25, 0.3) is 5.69 Å². The van der Waals surface area contributed by atoms with Gasteiger partial charge in [-0.15, -0.1) is 0 Å². The first-order valence-electron chi connectivity index (χ1n) is 6.67. The quantitative estimate of drug-likeness (QED) is 0.664. The summed E-state index contributed by atoms with van der Waals surface area (Å²) in [4.78, 5) is 10.1. The summed E-state index contributed by atoms with van der Waals surface area (Å²) in [5, 5.41) is 13.8. The molecule has 0 bridgehead atoms. The molecule has 8 heteroatoms. The maximum Gasteiger partial charge on any atom is 0.269 e. The van der Waals surface area contributed by atoms with Gasteiger partial charge in [-0.3, -0.25) is 10.1 Å². The molecule has 1 fully saturated rings. The fourth-order valence-electron chi connectivity index (χ4n) is 2.48. The van der Waals surface area contributed by atoms with Gasteiger partial charge >= 0.3 is 0 Å². The Labute approximate surface area is 124 Å². The summed E-state index contributed by atoms with van der Waals surface area (Å²) in [6.07, 6.45) is 0. The molecule has 0 amide bonds. The molecule has 116 valence electrons. The second-order valence-electron chi connectivity index (χ2n) is 5.74. The molecule has 1 aromatic carbocycles. The number of hydrogen-bond donors (Lipinski definition) is 1. The molecule has 0 radical (unpaired) electrons. The molecule has 1 saturated heterocycles. The van der Waals surface area contributed by atoms with Crippen LogP contribution in [0.4, 0.5) is 5.69 Å². The topological polar surface area (TPSA) is 92.6 Å². The monoisotopic (exact) mass is 313 g/mol. The molecule has 7 nitrogen and oxygen atoms in total. The Kier molecular flexibility index (Phi) is 4.31. The fraction of sp³-hybridized carbons (Fsp3) is 0.538. The summed E-state index contributed by atoms with van der Waals surface area (Å²) in [5.41, 5.74) is 0.0336. The minimum atomic E-state index is -3.45. The Morgan fingerprint density at radius 3 is 2.48 bits per heavy atom. The highest BCUT2D eigenvalue weighted by Gasteiger charge is 2.37. The maximum atomic E-state index is 12.6. The number of benzene rings is 1. The summed E-state index contributed by atoms with van der Waals surface area (Å²) in [5.74, 6) is -0.144. The molecular formula is C13H19N3O4S. The third kappa shape index (κ3) is 3.58. The number of piperazine rings is 1. The highest BCUT2D eigenvalue weighted by molar-refractivity contribution is 7.88. The van der Waals surface area contributed by atoms with E-state index in [9.17, 15) is 18.5 Å². The van der Waals surface area contributed by atoms with E-state index in [1.165, 1.54) is 28.6 Å². The minimum Gasteiger partial charge on any atom is -0.314 e. The first kappa shape index (κ1) is 15.9. The van der Waals surface area contributed by atoms with E-state index in [4.69, 9.17) is 0 Å². The number of nitrogens with one attached hydrogen (secondary N) is 1. The van der Waals surface area contributed by atoms with Gasteiger partial charge in [0.1, 0.15) is 0 Å². The Morgan fingerprint density at radius 2 is 1.95 bits per heavy atom. The van der Waals surface area contributed by atoms with Gasteiger partial charge in [-0.25, -0.2) is 8.42 Å². The van der Waals surface area contributed by atoms with Crippen LogP contribution in [-0.2, 0) is 15.8 Å². The molecule has 1 aromatic rings. The number of hydrogen-bond acceptors (Lipinski definition) is 5. The van der Waals surface area contributed by atoms with Crippen molar-refractivity contribution in [1.82, 2.24) is 9.62 Å². The van der Waals surface area contributed by atoms with E-state index >= 15 is 0 Å². The van der Waals surface area contributed by atoms with Crippen LogP contribution in [0.1, 0.15) is 19.4 Å². The molecule has 1 aliphatic heterocycles. The lowest BCUT2D eigenvalue weighted by molar-refractivity contribution is -0.384. The molecule has 0 unspecified atom stereocenters. The van der Waals surface area contributed by atoms with E-state index in [-0.39, 0.29) is 11.4 Å². The number of nitro groups is 1. The number of non-ortho nitro benzene ring substituents is 1. The first-order valence-corrected chi connectivity index (χ1v) is 8.28. The highest BCUT2D eigenvalue weighted by Crippen LogP contribution is 2.23. The average molecular weight is 313 g/mol. The zero-order chi connectivity index (χ0) is 15.7. The smallest absolute Gasteiger partial charge is 0.269 e. The van der Waals surface area contributed by atoms with Gasteiger partial charge in [-0.05, 0) is 19.4 Å². The largest absolute Gasteiger partial charge is 0.314 e. The van der Waals surface area contributed by atoms with Crippen molar-refractivity contribution in [1.29, 1.82) is 0 Å². The van der Waals surface area contributed by atoms with Crippen LogP contribution in [0.2, 0.25) is 0 Å². The van der Waals surface area contributed by atoms with Crippen LogP contribution in [-0.4, -0.2) is 42.8 Å². The molecule has 1 N–H and O–H groups in total. The molecule has 21 heavy (non-hydrogen) atoms. The lowest BCUT2D eigenvalue weighted by Crippen LogP contribution is -2.59. The normalized spacial score (nSPS) is 19.3. The van der Waals surface area contributed by atoms with Crippen LogP contribution in [0.25, 0.3) is 0 Å². The number of nitro benzene ring substituents is 1. The van der Waals surface area contributed by atoms with Crippen molar-refractivity contribution >= 4 is 15.7 Å². The van der Waals surface area contributed by atoms with Crippen molar-refractivity contribution in [3.05, 3.63) is 39.9 Å². The van der Waals surface area contributed by atoms with E-state index in [1.54, 1.807) is 0 Å². The summed E-state index contributed by atoms with van der Waals surface area (Å²) in [6.45, 7) is 5.43. The Balaban J connectivity index is 2.18. The second kappa shape index (κ2) is 5.70.